The van der Waals surface area contributed by atoms with Crippen molar-refractivity contribution in [3.8, 4) is 5.75 Å². The minimum atomic E-state index is -0.0912. The van der Waals surface area contributed by atoms with Gasteiger partial charge in [-0.05, 0) is 30.2 Å². The number of nitrogens with two attached hydrogens (primary N) is 1. The van der Waals surface area contributed by atoms with Crippen molar-refractivity contribution in [2.45, 2.75) is 13.0 Å². The summed E-state index contributed by atoms with van der Waals surface area (Å²) in [6.07, 6.45) is 3.87. The summed E-state index contributed by atoms with van der Waals surface area (Å²) in [5.41, 5.74) is 8.32. The fourth-order valence-electron chi connectivity index (χ4n) is 1.65. The maximum absolute atomic E-state index is 6.04. The molecule has 0 saturated carbocycles. The number of nitrogens with one attached hydrogen (secondary N) is 1. The zero-order valence-corrected chi connectivity index (χ0v) is 9.31. The van der Waals surface area contributed by atoms with Crippen molar-refractivity contribution in [2.75, 3.05) is 6.61 Å². The van der Waals surface area contributed by atoms with Gasteiger partial charge in [-0.15, -0.1) is 0 Å². The van der Waals surface area contributed by atoms with Crippen LogP contribution in [0.15, 0.2) is 42.7 Å². The predicted octanol–water partition coefficient (Wildman–Crippen LogP) is 2.40. The summed E-state index contributed by atoms with van der Waals surface area (Å²) in [5.74, 6) is 0.853. The van der Waals surface area contributed by atoms with E-state index in [4.69, 9.17) is 10.5 Å². The van der Waals surface area contributed by atoms with Crippen LogP contribution in [0, 0.1) is 6.92 Å². The van der Waals surface area contributed by atoms with E-state index in [1.807, 2.05) is 49.6 Å². The van der Waals surface area contributed by atoms with Gasteiger partial charge in [0.1, 0.15) is 12.4 Å². The molecule has 0 saturated heterocycles. The van der Waals surface area contributed by atoms with Gasteiger partial charge in [-0.1, -0.05) is 18.2 Å². The molecule has 0 aliphatic heterocycles. The number of aryl methyl sites for hydroxylation is 1. The molecule has 0 radical (unpaired) electrons. The Morgan fingerprint density at radius 1 is 1.25 bits per heavy atom. The quantitative estimate of drug-likeness (QED) is 0.824. The Labute approximate surface area is 95.2 Å². The van der Waals surface area contributed by atoms with Crippen LogP contribution in [0.3, 0.4) is 0 Å². The molecule has 1 aromatic carbocycles. The molecule has 84 valence electrons. The van der Waals surface area contributed by atoms with Crippen LogP contribution < -0.4 is 10.5 Å². The molecule has 0 amide bonds. The number of H-pyrrole nitrogens is 1. The smallest absolute Gasteiger partial charge is 0.119 e. The highest BCUT2D eigenvalue weighted by atomic mass is 16.5. The maximum Gasteiger partial charge on any atom is 0.119 e. The number of rotatable bonds is 4. The van der Waals surface area contributed by atoms with Gasteiger partial charge >= 0.3 is 0 Å². The SMILES string of the molecule is Cc1c[nH]cc1[C@@H](N)COc1ccccc1. The van der Waals surface area contributed by atoms with Crippen molar-refractivity contribution >= 4 is 0 Å². The van der Waals surface area contributed by atoms with Gasteiger partial charge in [0.05, 0.1) is 6.04 Å². The predicted molar refractivity (Wildman–Crippen MR) is 64.4 cm³/mol. The number of aromatic nitrogens is 1. The van der Waals surface area contributed by atoms with Crippen LogP contribution in [0.1, 0.15) is 17.2 Å². The fourth-order valence-corrected chi connectivity index (χ4v) is 1.65. The molecule has 3 heteroatoms. The first-order valence-electron chi connectivity index (χ1n) is 5.34. The summed E-state index contributed by atoms with van der Waals surface area (Å²) in [4.78, 5) is 3.04. The Morgan fingerprint density at radius 2 is 2.00 bits per heavy atom. The second-order valence-electron chi connectivity index (χ2n) is 3.82. The van der Waals surface area contributed by atoms with E-state index in [9.17, 15) is 0 Å². The van der Waals surface area contributed by atoms with Crippen molar-refractivity contribution in [3.05, 3.63) is 53.9 Å². The van der Waals surface area contributed by atoms with Gasteiger partial charge in [-0.3, -0.25) is 0 Å². The molecule has 2 rings (SSSR count). The van der Waals surface area contributed by atoms with Crippen LogP contribution >= 0.6 is 0 Å². The normalized spacial score (nSPS) is 12.4. The molecule has 16 heavy (non-hydrogen) atoms. The fraction of sp³-hybridized carbons (Fsp3) is 0.231. The largest absolute Gasteiger partial charge is 0.492 e. The van der Waals surface area contributed by atoms with E-state index in [0.29, 0.717) is 6.61 Å². The van der Waals surface area contributed by atoms with Crippen LogP contribution in [0.4, 0.5) is 0 Å². The van der Waals surface area contributed by atoms with Gasteiger partial charge < -0.3 is 15.5 Å². The van der Waals surface area contributed by atoms with Gasteiger partial charge in [0.25, 0.3) is 0 Å². The molecule has 1 heterocycles. The van der Waals surface area contributed by atoms with E-state index in [2.05, 4.69) is 4.98 Å². The molecule has 0 aliphatic carbocycles. The minimum Gasteiger partial charge on any atom is -0.492 e. The second kappa shape index (κ2) is 4.86. The number of ether oxygens (including phenoxy) is 1. The molecule has 0 spiro atoms. The third kappa shape index (κ3) is 2.44. The number of hydrogen-bond donors (Lipinski definition) is 2. The third-order valence-electron chi connectivity index (χ3n) is 2.57. The zero-order chi connectivity index (χ0) is 11.4. The number of benzene rings is 1. The average molecular weight is 216 g/mol. The molecule has 0 aliphatic rings. The van der Waals surface area contributed by atoms with Crippen LogP contribution in [-0.4, -0.2) is 11.6 Å². The second-order valence-corrected chi connectivity index (χ2v) is 3.82. The molecule has 0 fully saturated rings. The lowest BCUT2D eigenvalue weighted by Crippen LogP contribution is -2.19. The van der Waals surface area contributed by atoms with E-state index in [1.54, 1.807) is 0 Å². The van der Waals surface area contributed by atoms with Gasteiger partial charge in [-0.25, -0.2) is 0 Å². The summed E-state index contributed by atoms with van der Waals surface area (Å²) in [6.45, 7) is 2.52. The molecule has 1 aromatic heterocycles. The summed E-state index contributed by atoms with van der Waals surface area (Å²) >= 11 is 0. The Kier molecular flexibility index (Phi) is 3.27. The Bertz CT molecular complexity index is 436. The first kappa shape index (κ1) is 10.8. The Morgan fingerprint density at radius 3 is 2.62 bits per heavy atom. The zero-order valence-electron chi connectivity index (χ0n) is 9.31. The third-order valence-corrected chi connectivity index (χ3v) is 2.57. The van der Waals surface area contributed by atoms with Gasteiger partial charge in [-0.2, -0.15) is 0 Å². The first-order valence-corrected chi connectivity index (χ1v) is 5.34. The molecule has 0 unspecified atom stereocenters. The van der Waals surface area contributed by atoms with Crippen molar-refractivity contribution in [2.24, 2.45) is 5.73 Å². The number of hydrogen-bond acceptors (Lipinski definition) is 2. The highest BCUT2D eigenvalue weighted by Crippen LogP contribution is 2.16. The van der Waals surface area contributed by atoms with Crippen molar-refractivity contribution in [3.63, 3.8) is 0 Å². The van der Waals surface area contributed by atoms with E-state index in [-0.39, 0.29) is 6.04 Å². The Balaban J connectivity index is 1.94. The summed E-state index contributed by atoms with van der Waals surface area (Å²) < 4.78 is 5.61. The topological polar surface area (TPSA) is 51.0 Å². The molecule has 1 atom stereocenters. The highest BCUT2D eigenvalue weighted by molar-refractivity contribution is 5.26. The molecule has 0 bridgehead atoms. The first-order chi connectivity index (χ1) is 7.77. The van der Waals surface area contributed by atoms with Crippen molar-refractivity contribution in [1.82, 2.24) is 4.98 Å². The lowest BCUT2D eigenvalue weighted by atomic mass is 10.1. The summed E-state index contributed by atoms with van der Waals surface area (Å²) in [6, 6.07) is 9.62. The van der Waals surface area contributed by atoms with E-state index in [1.165, 1.54) is 5.56 Å². The highest BCUT2D eigenvalue weighted by Gasteiger charge is 2.10. The van der Waals surface area contributed by atoms with Crippen molar-refractivity contribution in [1.29, 1.82) is 0 Å². The molecule has 3 nitrogen and oxygen atoms in total. The van der Waals surface area contributed by atoms with E-state index < -0.39 is 0 Å². The summed E-state index contributed by atoms with van der Waals surface area (Å²) in [7, 11) is 0. The maximum atomic E-state index is 6.04. The lowest BCUT2D eigenvalue weighted by Gasteiger charge is -2.13. The Hall–Kier alpha value is -1.74. The van der Waals surface area contributed by atoms with E-state index >= 15 is 0 Å². The molecular weight excluding hydrogens is 200 g/mol. The van der Waals surface area contributed by atoms with Crippen LogP contribution in [0.2, 0.25) is 0 Å². The molecule has 3 N–H and O–H groups in total. The van der Waals surface area contributed by atoms with Crippen LogP contribution in [0.25, 0.3) is 0 Å². The van der Waals surface area contributed by atoms with Crippen LogP contribution in [-0.2, 0) is 0 Å². The lowest BCUT2D eigenvalue weighted by molar-refractivity contribution is 0.290. The minimum absolute atomic E-state index is 0.0912. The van der Waals surface area contributed by atoms with Crippen LogP contribution in [0.5, 0.6) is 5.75 Å². The average Bonchev–Trinajstić information content (AvgIpc) is 2.74. The van der Waals surface area contributed by atoms with Gasteiger partial charge in [0, 0.05) is 12.4 Å². The van der Waals surface area contributed by atoms with Gasteiger partial charge in [0.2, 0.25) is 0 Å². The molecular formula is C13H16N2O. The van der Waals surface area contributed by atoms with Crippen molar-refractivity contribution < 1.29 is 4.74 Å². The summed E-state index contributed by atoms with van der Waals surface area (Å²) in [5, 5.41) is 0. The van der Waals surface area contributed by atoms with E-state index in [0.717, 1.165) is 11.3 Å². The molecule has 2 aromatic rings. The standard InChI is InChI=1S/C13H16N2O/c1-10-7-15-8-12(10)13(14)9-16-11-5-3-2-4-6-11/h2-8,13,15H,9,14H2,1H3/t13-/m0/s1. The number of para-hydroxylation sites is 1. The monoisotopic (exact) mass is 216 g/mol. The van der Waals surface area contributed by atoms with Gasteiger partial charge in [0.15, 0.2) is 0 Å². The number of aromatic amines is 1.